The summed E-state index contributed by atoms with van der Waals surface area (Å²) >= 11 is 0. The van der Waals surface area contributed by atoms with Crippen molar-refractivity contribution < 1.29 is 4.79 Å². The molecule has 29 heavy (non-hydrogen) atoms. The van der Waals surface area contributed by atoms with Gasteiger partial charge in [0.05, 0.1) is 11.1 Å². The summed E-state index contributed by atoms with van der Waals surface area (Å²) in [7, 11) is 0. The van der Waals surface area contributed by atoms with Gasteiger partial charge in [-0.05, 0) is 61.3 Å². The summed E-state index contributed by atoms with van der Waals surface area (Å²) in [4.78, 5) is 23.4. The van der Waals surface area contributed by atoms with E-state index in [-0.39, 0.29) is 5.91 Å². The van der Waals surface area contributed by atoms with Gasteiger partial charge in [0.15, 0.2) is 0 Å². The molecule has 2 aromatic heterocycles. The molecule has 2 N–H and O–H groups in total. The SMILES string of the molecule is CC1CCc2[nH]c3c(C(=O)NCc4ccc(N5CCCC5)nc4)cccc3c2C1. The predicted molar refractivity (Wildman–Crippen MR) is 116 cm³/mol. The Balaban J connectivity index is 1.31. The Labute approximate surface area is 171 Å². The Morgan fingerprint density at radius 2 is 2.10 bits per heavy atom. The van der Waals surface area contributed by atoms with E-state index in [4.69, 9.17) is 0 Å². The van der Waals surface area contributed by atoms with Gasteiger partial charge in [-0.3, -0.25) is 4.79 Å². The van der Waals surface area contributed by atoms with Crippen LogP contribution in [0.25, 0.3) is 10.9 Å². The van der Waals surface area contributed by atoms with Crippen molar-refractivity contribution in [2.75, 3.05) is 18.0 Å². The summed E-state index contributed by atoms with van der Waals surface area (Å²) < 4.78 is 0. The highest BCUT2D eigenvalue weighted by atomic mass is 16.1. The van der Waals surface area contributed by atoms with Gasteiger partial charge >= 0.3 is 0 Å². The maximum atomic E-state index is 12.9. The molecular formula is C24H28N4O. The summed E-state index contributed by atoms with van der Waals surface area (Å²) in [6.07, 6.45) is 7.74. The van der Waals surface area contributed by atoms with Gasteiger partial charge in [0.1, 0.15) is 5.82 Å². The number of benzene rings is 1. The minimum absolute atomic E-state index is 0.0362. The monoisotopic (exact) mass is 388 g/mol. The molecule has 5 nitrogen and oxygen atoms in total. The van der Waals surface area contributed by atoms with E-state index in [0.717, 1.165) is 48.4 Å². The van der Waals surface area contributed by atoms with Crippen LogP contribution in [0.5, 0.6) is 0 Å². The van der Waals surface area contributed by atoms with E-state index in [1.54, 1.807) is 0 Å². The van der Waals surface area contributed by atoms with Gasteiger partial charge in [0, 0.05) is 36.9 Å². The number of carbonyl (C=O) groups excluding carboxylic acids is 1. The molecule has 0 bridgehead atoms. The molecule has 1 aliphatic heterocycles. The molecule has 1 unspecified atom stereocenters. The number of amides is 1. The number of nitrogens with zero attached hydrogens (tertiary/aromatic N) is 2. The number of fused-ring (bicyclic) bond motifs is 3. The van der Waals surface area contributed by atoms with Crippen molar-refractivity contribution in [2.24, 2.45) is 5.92 Å². The number of aromatic nitrogens is 2. The summed E-state index contributed by atoms with van der Waals surface area (Å²) in [5, 5.41) is 4.28. The van der Waals surface area contributed by atoms with Gasteiger partial charge in [0.2, 0.25) is 0 Å². The van der Waals surface area contributed by atoms with Gasteiger partial charge in [0.25, 0.3) is 5.91 Å². The molecule has 5 heteroatoms. The molecule has 1 saturated heterocycles. The van der Waals surface area contributed by atoms with Gasteiger partial charge in [-0.1, -0.05) is 25.1 Å². The number of rotatable bonds is 4. The third-order valence-corrected chi connectivity index (χ3v) is 6.41. The van der Waals surface area contributed by atoms with Crippen LogP contribution in [0.3, 0.4) is 0 Å². The summed E-state index contributed by atoms with van der Waals surface area (Å²) in [5.41, 5.74) is 5.43. The van der Waals surface area contributed by atoms with E-state index >= 15 is 0 Å². The first-order valence-corrected chi connectivity index (χ1v) is 10.8. The Bertz CT molecular complexity index is 1030. The van der Waals surface area contributed by atoms with Crippen molar-refractivity contribution >= 4 is 22.6 Å². The van der Waals surface area contributed by atoms with Crippen LogP contribution in [0.4, 0.5) is 5.82 Å². The lowest BCUT2D eigenvalue weighted by molar-refractivity contribution is 0.0952. The Morgan fingerprint density at radius 1 is 1.24 bits per heavy atom. The third-order valence-electron chi connectivity index (χ3n) is 6.41. The molecule has 1 aliphatic carbocycles. The first-order chi connectivity index (χ1) is 14.2. The number of pyridine rings is 1. The number of hydrogen-bond acceptors (Lipinski definition) is 3. The second-order valence-corrected chi connectivity index (χ2v) is 8.56. The van der Waals surface area contributed by atoms with Crippen LogP contribution in [0.1, 0.15) is 53.4 Å². The van der Waals surface area contributed by atoms with E-state index in [1.165, 1.54) is 35.9 Å². The molecule has 0 saturated carbocycles. The fourth-order valence-electron chi connectivity index (χ4n) is 4.74. The highest BCUT2D eigenvalue weighted by molar-refractivity contribution is 6.06. The zero-order valence-corrected chi connectivity index (χ0v) is 17.0. The molecule has 0 spiro atoms. The second kappa shape index (κ2) is 7.54. The molecule has 1 atom stereocenters. The fraction of sp³-hybridized carbons (Fsp3) is 0.417. The van der Waals surface area contributed by atoms with Crippen molar-refractivity contribution in [3.8, 4) is 0 Å². The van der Waals surface area contributed by atoms with Gasteiger partial charge < -0.3 is 15.2 Å². The number of nitrogens with one attached hydrogen (secondary N) is 2. The summed E-state index contributed by atoms with van der Waals surface area (Å²) in [6.45, 7) is 4.97. The molecule has 0 radical (unpaired) electrons. The third kappa shape index (κ3) is 3.50. The molecule has 3 aromatic rings. The van der Waals surface area contributed by atoms with Crippen molar-refractivity contribution in [1.29, 1.82) is 0 Å². The molecule has 1 fully saturated rings. The molecule has 2 aliphatic rings. The Hall–Kier alpha value is -2.82. The standard InChI is InChI=1S/C24H28N4O/c1-16-7-9-21-20(13-16)18-5-4-6-19(23(18)27-21)24(29)26-15-17-8-10-22(25-14-17)28-11-2-3-12-28/h4-6,8,10,14,16,27H,2-3,7,9,11-13,15H2,1H3,(H,26,29). The maximum Gasteiger partial charge on any atom is 0.253 e. The predicted octanol–water partition coefficient (Wildman–Crippen LogP) is 4.22. The zero-order valence-electron chi connectivity index (χ0n) is 17.0. The second-order valence-electron chi connectivity index (χ2n) is 8.56. The maximum absolute atomic E-state index is 12.9. The lowest BCUT2D eigenvalue weighted by Crippen LogP contribution is -2.23. The lowest BCUT2D eigenvalue weighted by Gasteiger charge is -2.17. The van der Waals surface area contributed by atoms with Gasteiger partial charge in [-0.15, -0.1) is 0 Å². The van der Waals surface area contributed by atoms with E-state index in [9.17, 15) is 4.79 Å². The number of hydrogen-bond donors (Lipinski definition) is 2. The van der Waals surface area contributed by atoms with Gasteiger partial charge in [-0.25, -0.2) is 4.98 Å². The highest BCUT2D eigenvalue weighted by Gasteiger charge is 2.22. The normalized spacial score (nSPS) is 18.8. The molecule has 5 rings (SSSR count). The van der Waals surface area contributed by atoms with Crippen molar-refractivity contribution in [1.82, 2.24) is 15.3 Å². The van der Waals surface area contributed by atoms with Crippen molar-refractivity contribution in [2.45, 2.75) is 45.6 Å². The molecule has 3 heterocycles. The number of para-hydroxylation sites is 1. The molecular weight excluding hydrogens is 360 g/mol. The van der Waals surface area contributed by atoms with Crippen LogP contribution < -0.4 is 10.2 Å². The minimum atomic E-state index is -0.0362. The lowest BCUT2D eigenvalue weighted by atomic mass is 9.87. The quantitative estimate of drug-likeness (QED) is 0.704. The van der Waals surface area contributed by atoms with Crippen LogP contribution in [0, 0.1) is 5.92 Å². The highest BCUT2D eigenvalue weighted by Crippen LogP contribution is 2.33. The van der Waals surface area contributed by atoms with Crippen LogP contribution in [-0.4, -0.2) is 29.0 Å². The van der Waals surface area contributed by atoms with Crippen LogP contribution >= 0.6 is 0 Å². The van der Waals surface area contributed by atoms with Crippen LogP contribution in [-0.2, 0) is 19.4 Å². The number of aromatic amines is 1. The summed E-state index contributed by atoms with van der Waals surface area (Å²) in [6, 6.07) is 10.2. The van der Waals surface area contributed by atoms with E-state index in [2.05, 4.69) is 45.3 Å². The van der Waals surface area contributed by atoms with Crippen molar-refractivity contribution in [3.05, 3.63) is 58.9 Å². The molecule has 1 aromatic carbocycles. The molecule has 150 valence electrons. The Morgan fingerprint density at radius 3 is 2.90 bits per heavy atom. The van der Waals surface area contributed by atoms with Crippen LogP contribution in [0.15, 0.2) is 36.5 Å². The number of aryl methyl sites for hydroxylation is 1. The number of H-pyrrole nitrogens is 1. The topological polar surface area (TPSA) is 61.0 Å². The Kier molecular flexibility index (Phi) is 4.74. The average Bonchev–Trinajstić information content (AvgIpc) is 3.40. The van der Waals surface area contributed by atoms with Crippen molar-refractivity contribution in [3.63, 3.8) is 0 Å². The smallest absolute Gasteiger partial charge is 0.253 e. The van der Waals surface area contributed by atoms with E-state index < -0.39 is 0 Å². The molecule has 1 amide bonds. The van der Waals surface area contributed by atoms with E-state index in [1.807, 2.05) is 18.3 Å². The minimum Gasteiger partial charge on any atom is -0.358 e. The fourth-order valence-corrected chi connectivity index (χ4v) is 4.74. The van der Waals surface area contributed by atoms with Gasteiger partial charge in [-0.2, -0.15) is 0 Å². The number of carbonyl (C=O) groups is 1. The average molecular weight is 389 g/mol. The van der Waals surface area contributed by atoms with E-state index in [0.29, 0.717) is 12.5 Å². The largest absolute Gasteiger partial charge is 0.358 e. The summed E-state index contributed by atoms with van der Waals surface area (Å²) in [5.74, 6) is 1.70. The number of anilines is 1. The zero-order chi connectivity index (χ0) is 19.8. The van der Waals surface area contributed by atoms with Crippen LogP contribution in [0.2, 0.25) is 0 Å². The first kappa shape index (κ1) is 18.2. The first-order valence-electron chi connectivity index (χ1n) is 10.8.